The van der Waals surface area contributed by atoms with Crippen molar-refractivity contribution >= 4 is 12.6 Å². The number of aliphatic imine (C=N–C) groups is 2. The molecule has 0 N–H and O–H groups in total. The van der Waals surface area contributed by atoms with Crippen molar-refractivity contribution < 1.29 is 8.78 Å². The van der Waals surface area contributed by atoms with Gasteiger partial charge in [0.1, 0.15) is 17.7 Å². The molecule has 0 heterocycles. The molecule has 172 valence electrons. The lowest BCUT2D eigenvalue weighted by molar-refractivity contribution is 0.168. The van der Waals surface area contributed by atoms with Gasteiger partial charge >= 0.3 is 0 Å². The van der Waals surface area contributed by atoms with Gasteiger partial charge in [0, 0.05) is 24.7 Å². The van der Waals surface area contributed by atoms with Crippen LogP contribution in [0.15, 0.2) is 64.4 Å². The molecule has 0 radical (unpaired) electrons. The molecule has 5 heteroatoms. The fourth-order valence-corrected chi connectivity index (χ4v) is 4.86. The van der Waals surface area contributed by atoms with E-state index in [1.54, 1.807) is 26.8 Å². The summed E-state index contributed by atoms with van der Waals surface area (Å²) in [5.74, 6) is 0.452. The first-order valence-electron chi connectivity index (χ1n) is 11.3. The van der Waals surface area contributed by atoms with Crippen LogP contribution in [0.1, 0.15) is 69.6 Å². The summed E-state index contributed by atoms with van der Waals surface area (Å²) >= 11 is 0. The molecular weight excluding hydrogens is 404 g/mol. The zero-order chi connectivity index (χ0) is 23.7. The number of alkyl halides is 2. The topological polar surface area (TPSA) is 28.0 Å². The molecule has 1 saturated carbocycles. The number of allylic oxidation sites excluding steroid dienone is 3. The van der Waals surface area contributed by atoms with Gasteiger partial charge in [-0.3, -0.25) is 0 Å². The van der Waals surface area contributed by atoms with Crippen LogP contribution in [0.4, 0.5) is 8.78 Å². The first-order chi connectivity index (χ1) is 15.1. The van der Waals surface area contributed by atoms with Gasteiger partial charge < -0.3 is 4.90 Å². The van der Waals surface area contributed by atoms with Crippen LogP contribution in [0.3, 0.4) is 0 Å². The van der Waals surface area contributed by atoms with Crippen molar-refractivity contribution in [3.05, 3.63) is 71.1 Å². The van der Waals surface area contributed by atoms with E-state index in [0.29, 0.717) is 24.4 Å². The minimum atomic E-state index is -1.31. The third-order valence-corrected chi connectivity index (χ3v) is 7.17. The standard InChI is InChI=1S/C27H35F2N3/c1-8-10-25(31-20(4)30-6)23(17-32(7)27(15-16-27)19(3)28)18(2)21-11-9-12-24-22(21)13-14-26(24,5)29/h8-12,17-19H,1,6,13-16H2,2-5,7H3/b23-17-,25-10+,31-20?. The lowest BCUT2D eigenvalue weighted by atomic mass is 9.85. The monoisotopic (exact) mass is 439 g/mol. The molecule has 2 aliphatic rings. The van der Waals surface area contributed by atoms with Crippen LogP contribution in [-0.4, -0.2) is 36.2 Å². The predicted octanol–water partition coefficient (Wildman–Crippen LogP) is 6.82. The van der Waals surface area contributed by atoms with Crippen molar-refractivity contribution in [2.24, 2.45) is 9.98 Å². The van der Waals surface area contributed by atoms with Gasteiger partial charge in [-0.15, -0.1) is 0 Å². The summed E-state index contributed by atoms with van der Waals surface area (Å²) in [4.78, 5) is 10.6. The Morgan fingerprint density at radius 3 is 2.50 bits per heavy atom. The molecule has 0 aromatic heterocycles. The van der Waals surface area contributed by atoms with Gasteiger partial charge in [-0.2, -0.15) is 0 Å². The minimum absolute atomic E-state index is 0.0837. The molecule has 0 amide bonds. The predicted molar refractivity (Wildman–Crippen MR) is 131 cm³/mol. The fraction of sp³-hybridized carbons (Fsp3) is 0.481. The molecule has 1 aromatic rings. The van der Waals surface area contributed by atoms with Crippen molar-refractivity contribution in [2.75, 3.05) is 7.05 Å². The number of rotatable bonds is 8. The number of amidine groups is 1. The number of hydrogen-bond donors (Lipinski definition) is 0. The average molecular weight is 440 g/mol. The number of fused-ring (bicyclic) bond motifs is 1. The fourth-order valence-electron chi connectivity index (χ4n) is 4.86. The van der Waals surface area contributed by atoms with E-state index in [1.807, 2.05) is 36.4 Å². The number of hydrogen-bond acceptors (Lipinski definition) is 2. The molecule has 1 fully saturated rings. The Labute approximate surface area is 191 Å². The zero-order valence-electron chi connectivity index (χ0n) is 20.0. The Kier molecular flexibility index (Phi) is 6.87. The van der Waals surface area contributed by atoms with Crippen LogP contribution in [0, 0.1) is 0 Å². The van der Waals surface area contributed by atoms with E-state index in [0.717, 1.165) is 35.1 Å². The highest BCUT2D eigenvalue weighted by Gasteiger charge is 2.51. The molecule has 3 nitrogen and oxygen atoms in total. The van der Waals surface area contributed by atoms with Crippen molar-refractivity contribution in [2.45, 2.75) is 76.7 Å². The highest BCUT2D eigenvalue weighted by molar-refractivity contribution is 5.85. The smallest absolute Gasteiger partial charge is 0.133 e. The van der Waals surface area contributed by atoms with Crippen molar-refractivity contribution in [3.8, 4) is 0 Å². The lowest BCUT2D eigenvalue weighted by Gasteiger charge is -2.31. The first kappa shape index (κ1) is 24.1. The zero-order valence-corrected chi connectivity index (χ0v) is 20.0. The van der Waals surface area contributed by atoms with E-state index in [4.69, 9.17) is 0 Å². The highest BCUT2D eigenvalue weighted by Crippen LogP contribution is 2.48. The van der Waals surface area contributed by atoms with Gasteiger partial charge in [0.05, 0.1) is 11.2 Å². The SMILES string of the molecule is C=C/C=C(N=C(C)N=C)\C(=C/N(C)C1(C(C)F)CC1)C(C)c1cccc2c1CCC2(C)F. The van der Waals surface area contributed by atoms with Gasteiger partial charge in [0.15, 0.2) is 0 Å². The maximum Gasteiger partial charge on any atom is 0.133 e. The van der Waals surface area contributed by atoms with E-state index in [9.17, 15) is 4.39 Å². The molecule has 0 bridgehead atoms. The molecule has 0 saturated heterocycles. The quantitative estimate of drug-likeness (QED) is 0.248. The van der Waals surface area contributed by atoms with Crippen LogP contribution in [0.25, 0.3) is 0 Å². The Morgan fingerprint density at radius 2 is 1.94 bits per heavy atom. The normalized spacial score (nSPS) is 24.5. The summed E-state index contributed by atoms with van der Waals surface area (Å²) in [6.07, 6.45) is 7.41. The highest BCUT2D eigenvalue weighted by atomic mass is 19.1. The van der Waals surface area contributed by atoms with E-state index in [2.05, 4.69) is 36.3 Å². The Hall–Kier alpha value is -2.56. The lowest BCUT2D eigenvalue weighted by Crippen LogP contribution is -2.37. The van der Waals surface area contributed by atoms with Gasteiger partial charge in [-0.1, -0.05) is 37.8 Å². The summed E-state index contributed by atoms with van der Waals surface area (Å²) in [5, 5.41) is 0. The van der Waals surface area contributed by atoms with Gasteiger partial charge in [-0.05, 0) is 75.9 Å². The molecule has 2 aliphatic carbocycles. The third kappa shape index (κ3) is 4.48. The van der Waals surface area contributed by atoms with Crippen molar-refractivity contribution in [1.29, 1.82) is 0 Å². The Bertz CT molecular complexity index is 981. The summed E-state index contributed by atoms with van der Waals surface area (Å²) in [5.41, 5.74) is 2.75. The Morgan fingerprint density at radius 1 is 1.25 bits per heavy atom. The number of nitrogens with zero attached hydrogens (tertiary/aromatic N) is 3. The van der Waals surface area contributed by atoms with Crippen LogP contribution < -0.4 is 0 Å². The van der Waals surface area contributed by atoms with Gasteiger partial charge in [0.25, 0.3) is 0 Å². The van der Waals surface area contributed by atoms with Crippen LogP contribution in [0.2, 0.25) is 0 Å². The average Bonchev–Trinajstić information content (AvgIpc) is 3.51. The molecule has 0 aliphatic heterocycles. The van der Waals surface area contributed by atoms with E-state index < -0.39 is 17.4 Å². The largest absolute Gasteiger partial charge is 0.372 e. The summed E-state index contributed by atoms with van der Waals surface area (Å²) in [7, 11) is 1.93. The molecule has 3 atom stereocenters. The van der Waals surface area contributed by atoms with Crippen molar-refractivity contribution in [3.63, 3.8) is 0 Å². The summed E-state index contributed by atoms with van der Waals surface area (Å²) in [6, 6.07) is 5.89. The minimum Gasteiger partial charge on any atom is -0.372 e. The van der Waals surface area contributed by atoms with E-state index in [1.165, 1.54) is 0 Å². The van der Waals surface area contributed by atoms with Crippen LogP contribution in [0.5, 0.6) is 0 Å². The molecule has 3 unspecified atom stereocenters. The molecular formula is C27H35F2N3. The second kappa shape index (κ2) is 9.13. The molecule has 32 heavy (non-hydrogen) atoms. The Balaban J connectivity index is 2.14. The maximum absolute atomic E-state index is 15.1. The summed E-state index contributed by atoms with van der Waals surface area (Å²) < 4.78 is 29.5. The molecule has 3 rings (SSSR count). The molecule has 1 aromatic carbocycles. The van der Waals surface area contributed by atoms with Crippen LogP contribution in [-0.2, 0) is 12.1 Å². The first-order valence-corrected chi connectivity index (χ1v) is 11.3. The van der Waals surface area contributed by atoms with Gasteiger partial charge in [-0.25, -0.2) is 18.8 Å². The molecule has 0 spiro atoms. The second-order valence-corrected chi connectivity index (χ2v) is 9.31. The summed E-state index contributed by atoms with van der Waals surface area (Å²) in [6.45, 7) is 14.6. The van der Waals surface area contributed by atoms with E-state index >= 15 is 4.39 Å². The maximum atomic E-state index is 15.1. The van der Waals surface area contributed by atoms with Crippen LogP contribution >= 0.6 is 0 Å². The van der Waals surface area contributed by atoms with E-state index in [-0.39, 0.29) is 5.92 Å². The number of benzene rings is 1. The van der Waals surface area contributed by atoms with Gasteiger partial charge in [0.2, 0.25) is 0 Å². The number of halogens is 2. The van der Waals surface area contributed by atoms with Crippen molar-refractivity contribution in [1.82, 2.24) is 4.90 Å². The second-order valence-electron chi connectivity index (χ2n) is 9.31. The third-order valence-electron chi connectivity index (χ3n) is 7.17.